The molecule has 2 atom stereocenters. The van der Waals surface area contributed by atoms with Crippen molar-refractivity contribution in [1.82, 2.24) is 5.32 Å². The number of hydrogen-bond donors (Lipinski definition) is 2. The minimum absolute atomic E-state index is 0.00678. The molecule has 0 radical (unpaired) electrons. The maximum absolute atomic E-state index is 11.6. The molecule has 0 saturated heterocycles. The predicted octanol–water partition coefficient (Wildman–Crippen LogP) is 2.11. The minimum Gasteiger partial charge on any atom is -0.352 e. The van der Waals surface area contributed by atoms with E-state index in [9.17, 15) is 4.79 Å². The molecule has 15 heavy (non-hydrogen) atoms. The normalized spacial score (nSPS) is 14.7. The summed E-state index contributed by atoms with van der Waals surface area (Å²) in [5.41, 5.74) is 6.75. The van der Waals surface area contributed by atoms with Crippen LogP contribution in [0.3, 0.4) is 0 Å². The monoisotopic (exact) mass is 290 g/mol. The van der Waals surface area contributed by atoms with E-state index in [1.807, 2.05) is 25.3 Å². The molecule has 5 heteroatoms. The maximum Gasteiger partial charge on any atom is 0.224 e. The van der Waals surface area contributed by atoms with Crippen LogP contribution in [0.2, 0.25) is 0 Å². The highest BCUT2D eigenvalue weighted by molar-refractivity contribution is 9.11. The molecule has 1 aromatic heterocycles. The third-order valence-electron chi connectivity index (χ3n) is 2.29. The molecule has 1 aromatic rings. The van der Waals surface area contributed by atoms with Crippen molar-refractivity contribution in [3.63, 3.8) is 0 Å². The van der Waals surface area contributed by atoms with Crippen LogP contribution in [0.4, 0.5) is 0 Å². The zero-order valence-electron chi connectivity index (χ0n) is 8.79. The molecule has 1 rings (SSSR count). The standard InChI is InChI=1S/C10H15BrN2OS/c1-6(7(2)12)10(14)13-4-8-3-9(11)15-5-8/h3,5-7H,4,12H2,1-2H3,(H,13,14). The van der Waals surface area contributed by atoms with E-state index < -0.39 is 0 Å². The van der Waals surface area contributed by atoms with E-state index >= 15 is 0 Å². The molecular weight excluding hydrogens is 276 g/mol. The van der Waals surface area contributed by atoms with Gasteiger partial charge in [-0.3, -0.25) is 4.79 Å². The third-order valence-corrected chi connectivity index (χ3v) is 3.84. The molecule has 1 heterocycles. The van der Waals surface area contributed by atoms with Crippen molar-refractivity contribution in [2.75, 3.05) is 0 Å². The largest absolute Gasteiger partial charge is 0.352 e. The Hall–Kier alpha value is -0.390. The van der Waals surface area contributed by atoms with E-state index in [0.717, 1.165) is 9.35 Å². The molecule has 0 spiro atoms. The number of amides is 1. The highest BCUT2D eigenvalue weighted by Gasteiger charge is 2.16. The van der Waals surface area contributed by atoms with Crippen LogP contribution in [-0.2, 0) is 11.3 Å². The van der Waals surface area contributed by atoms with Gasteiger partial charge in [0.05, 0.1) is 3.79 Å². The summed E-state index contributed by atoms with van der Waals surface area (Å²) in [5.74, 6) is -0.139. The van der Waals surface area contributed by atoms with E-state index in [4.69, 9.17) is 5.73 Å². The van der Waals surface area contributed by atoms with E-state index in [1.165, 1.54) is 0 Å². The molecule has 0 aliphatic heterocycles. The Labute approximate surface area is 102 Å². The van der Waals surface area contributed by atoms with Crippen molar-refractivity contribution in [3.8, 4) is 0 Å². The molecule has 3 N–H and O–H groups in total. The second kappa shape index (κ2) is 5.63. The lowest BCUT2D eigenvalue weighted by atomic mass is 10.0. The van der Waals surface area contributed by atoms with Crippen molar-refractivity contribution in [3.05, 3.63) is 20.8 Å². The molecule has 2 unspecified atom stereocenters. The fourth-order valence-corrected chi connectivity index (χ4v) is 2.24. The molecule has 0 fully saturated rings. The van der Waals surface area contributed by atoms with Crippen molar-refractivity contribution in [2.45, 2.75) is 26.4 Å². The van der Waals surface area contributed by atoms with Crippen molar-refractivity contribution in [2.24, 2.45) is 11.7 Å². The lowest BCUT2D eigenvalue weighted by Gasteiger charge is -2.14. The Morgan fingerprint density at radius 2 is 2.33 bits per heavy atom. The first-order chi connectivity index (χ1) is 7.00. The summed E-state index contributed by atoms with van der Waals surface area (Å²) < 4.78 is 1.08. The Balaban J connectivity index is 2.40. The summed E-state index contributed by atoms with van der Waals surface area (Å²) in [7, 11) is 0. The fraction of sp³-hybridized carbons (Fsp3) is 0.500. The van der Waals surface area contributed by atoms with Gasteiger partial charge in [0.25, 0.3) is 0 Å². The third kappa shape index (κ3) is 3.93. The van der Waals surface area contributed by atoms with E-state index in [-0.39, 0.29) is 17.9 Å². The smallest absolute Gasteiger partial charge is 0.224 e. The second-order valence-corrected chi connectivity index (χ2v) is 5.92. The molecule has 0 aliphatic rings. The summed E-state index contributed by atoms with van der Waals surface area (Å²) in [6, 6.07) is 1.89. The molecule has 0 aliphatic carbocycles. The second-order valence-electron chi connectivity index (χ2n) is 3.62. The average molecular weight is 291 g/mol. The predicted molar refractivity (Wildman–Crippen MR) is 66.7 cm³/mol. The number of thiophene rings is 1. The fourth-order valence-electron chi connectivity index (χ4n) is 1.03. The highest BCUT2D eigenvalue weighted by Crippen LogP contribution is 2.20. The van der Waals surface area contributed by atoms with Gasteiger partial charge in [-0.15, -0.1) is 11.3 Å². The van der Waals surface area contributed by atoms with Crippen LogP contribution in [-0.4, -0.2) is 11.9 Å². The number of rotatable bonds is 4. The highest BCUT2D eigenvalue weighted by atomic mass is 79.9. The first-order valence-corrected chi connectivity index (χ1v) is 6.44. The summed E-state index contributed by atoms with van der Waals surface area (Å²) in [5, 5.41) is 4.88. The topological polar surface area (TPSA) is 55.1 Å². The Kier molecular flexibility index (Phi) is 4.76. The van der Waals surface area contributed by atoms with Crippen LogP contribution in [0.5, 0.6) is 0 Å². The molecule has 84 valence electrons. The van der Waals surface area contributed by atoms with Crippen LogP contribution in [0.15, 0.2) is 15.2 Å². The number of nitrogens with two attached hydrogens (primary N) is 1. The minimum atomic E-state index is -0.146. The maximum atomic E-state index is 11.6. The number of nitrogens with one attached hydrogen (secondary N) is 1. The van der Waals surface area contributed by atoms with Crippen LogP contribution in [0, 0.1) is 5.92 Å². The van der Waals surface area contributed by atoms with Gasteiger partial charge < -0.3 is 11.1 Å². The number of carbonyl (C=O) groups excluding carboxylic acids is 1. The molecule has 0 bridgehead atoms. The molecule has 0 saturated carbocycles. The van der Waals surface area contributed by atoms with Crippen molar-refractivity contribution >= 4 is 33.2 Å². The van der Waals surface area contributed by atoms with Gasteiger partial charge in [-0.05, 0) is 39.9 Å². The van der Waals surface area contributed by atoms with Gasteiger partial charge in [-0.2, -0.15) is 0 Å². The molecular formula is C10H15BrN2OS. The van der Waals surface area contributed by atoms with Gasteiger partial charge in [0.15, 0.2) is 0 Å². The van der Waals surface area contributed by atoms with Gasteiger partial charge in [-0.25, -0.2) is 0 Å². The van der Waals surface area contributed by atoms with Gasteiger partial charge in [0.2, 0.25) is 5.91 Å². The Bertz CT molecular complexity index is 338. The van der Waals surface area contributed by atoms with Crippen LogP contribution < -0.4 is 11.1 Å². The first-order valence-electron chi connectivity index (χ1n) is 4.77. The Morgan fingerprint density at radius 1 is 1.67 bits per heavy atom. The van der Waals surface area contributed by atoms with E-state index in [1.54, 1.807) is 11.3 Å². The first kappa shape index (κ1) is 12.7. The zero-order chi connectivity index (χ0) is 11.4. The lowest BCUT2D eigenvalue weighted by Crippen LogP contribution is -2.38. The lowest BCUT2D eigenvalue weighted by molar-refractivity contribution is -0.125. The van der Waals surface area contributed by atoms with Gasteiger partial charge in [0, 0.05) is 18.5 Å². The number of halogens is 1. The Morgan fingerprint density at radius 3 is 2.80 bits per heavy atom. The van der Waals surface area contributed by atoms with Crippen molar-refractivity contribution in [1.29, 1.82) is 0 Å². The average Bonchev–Trinajstić information content (AvgIpc) is 2.59. The van der Waals surface area contributed by atoms with Crippen LogP contribution in [0.1, 0.15) is 19.4 Å². The van der Waals surface area contributed by atoms with Gasteiger partial charge in [0.1, 0.15) is 0 Å². The van der Waals surface area contributed by atoms with Gasteiger partial charge in [-0.1, -0.05) is 6.92 Å². The van der Waals surface area contributed by atoms with E-state index in [0.29, 0.717) is 6.54 Å². The SMILES string of the molecule is CC(N)C(C)C(=O)NCc1csc(Br)c1. The molecule has 1 amide bonds. The number of carbonyl (C=O) groups is 1. The number of hydrogen-bond acceptors (Lipinski definition) is 3. The van der Waals surface area contributed by atoms with Gasteiger partial charge >= 0.3 is 0 Å². The van der Waals surface area contributed by atoms with Crippen LogP contribution >= 0.6 is 27.3 Å². The summed E-state index contributed by atoms with van der Waals surface area (Å²) in [6.07, 6.45) is 0. The summed E-state index contributed by atoms with van der Waals surface area (Å²) in [6.45, 7) is 4.24. The molecule has 3 nitrogen and oxygen atoms in total. The zero-order valence-corrected chi connectivity index (χ0v) is 11.2. The van der Waals surface area contributed by atoms with Crippen LogP contribution in [0.25, 0.3) is 0 Å². The summed E-state index contributed by atoms with van der Waals surface area (Å²) >= 11 is 4.99. The van der Waals surface area contributed by atoms with Crippen molar-refractivity contribution < 1.29 is 4.79 Å². The molecule has 0 aromatic carbocycles. The summed E-state index contributed by atoms with van der Waals surface area (Å²) in [4.78, 5) is 11.6. The van der Waals surface area contributed by atoms with E-state index in [2.05, 4.69) is 21.2 Å². The quantitative estimate of drug-likeness (QED) is 0.892.